The quantitative estimate of drug-likeness (QED) is 0.520. The summed E-state index contributed by atoms with van der Waals surface area (Å²) >= 11 is 0. The van der Waals surface area contributed by atoms with Gasteiger partial charge in [0.15, 0.2) is 0 Å². The van der Waals surface area contributed by atoms with E-state index in [0.717, 1.165) is 12.1 Å². The van der Waals surface area contributed by atoms with Crippen LogP contribution in [0, 0.1) is 10.1 Å². The summed E-state index contributed by atoms with van der Waals surface area (Å²) in [6, 6.07) is 2.82. The first-order valence-corrected chi connectivity index (χ1v) is 5.35. The first kappa shape index (κ1) is 15.9. The molecule has 0 aliphatic heterocycles. The lowest BCUT2D eigenvalue weighted by Gasteiger charge is -2.28. The van der Waals surface area contributed by atoms with Gasteiger partial charge in [0.2, 0.25) is 0 Å². The summed E-state index contributed by atoms with van der Waals surface area (Å²) in [5.74, 6) is -1.89. The number of esters is 1. The van der Waals surface area contributed by atoms with Crippen LogP contribution in [0.3, 0.4) is 0 Å². The number of hydrogen-bond donors (Lipinski definition) is 1. The predicted octanol–water partition coefficient (Wildman–Crippen LogP) is 1.91. The maximum atomic E-state index is 12.9. The van der Waals surface area contributed by atoms with Crippen molar-refractivity contribution in [1.29, 1.82) is 0 Å². The molecule has 0 heterocycles. The largest absolute Gasteiger partial charge is 0.463 e. The van der Waals surface area contributed by atoms with Crippen LogP contribution in [-0.4, -0.2) is 28.8 Å². The summed E-state index contributed by atoms with van der Waals surface area (Å²) in [5.41, 5.74) is -5.19. The molecule has 110 valence electrons. The monoisotopic (exact) mass is 293 g/mol. The molecule has 0 aromatic heterocycles. The number of non-ortho nitro benzene ring substituents is 1. The van der Waals surface area contributed by atoms with Crippen LogP contribution in [0.15, 0.2) is 24.3 Å². The smallest absolute Gasteiger partial charge is 0.432 e. The molecule has 1 unspecified atom stereocenters. The molecule has 0 fully saturated rings. The van der Waals surface area contributed by atoms with E-state index in [1.54, 1.807) is 0 Å². The van der Waals surface area contributed by atoms with E-state index in [1.807, 2.05) is 0 Å². The van der Waals surface area contributed by atoms with Crippen molar-refractivity contribution in [3.05, 3.63) is 39.9 Å². The van der Waals surface area contributed by atoms with E-state index in [2.05, 4.69) is 4.74 Å². The van der Waals surface area contributed by atoms with Crippen LogP contribution in [0.2, 0.25) is 0 Å². The average molecular weight is 293 g/mol. The molecule has 0 aliphatic carbocycles. The second-order valence-corrected chi connectivity index (χ2v) is 3.73. The predicted molar refractivity (Wildman–Crippen MR) is 59.7 cm³/mol. The van der Waals surface area contributed by atoms with Gasteiger partial charge in [-0.05, 0) is 19.1 Å². The summed E-state index contributed by atoms with van der Waals surface area (Å²) in [4.78, 5) is 21.0. The van der Waals surface area contributed by atoms with Crippen LogP contribution in [0.25, 0.3) is 0 Å². The lowest BCUT2D eigenvalue weighted by atomic mass is 9.93. The number of hydrogen-bond acceptors (Lipinski definition) is 5. The van der Waals surface area contributed by atoms with Gasteiger partial charge in [0.05, 0.1) is 11.5 Å². The highest BCUT2D eigenvalue weighted by Gasteiger charge is 2.62. The van der Waals surface area contributed by atoms with Crippen molar-refractivity contribution in [3.63, 3.8) is 0 Å². The molecule has 1 rings (SSSR count). The number of carbonyl (C=O) groups excluding carboxylic acids is 1. The number of alkyl halides is 3. The van der Waals surface area contributed by atoms with Gasteiger partial charge in [-0.3, -0.25) is 10.1 Å². The van der Waals surface area contributed by atoms with Crippen molar-refractivity contribution in [2.45, 2.75) is 18.7 Å². The Morgan fingerprint density at radius 2 is 1.85 bits per heavy atom. The van der Waals surface area contributed by atoms with Gasteiger partial charge in [0, 0.05) is 17.7 Å². The van der Waals surface area contributed by atoms with Crippen molar-refractivity contribution in [1.82, 2.24) is 0 Å². The summed E-state index contributed by atoms with van der Waals surface area (Å²) < 4.78 is 43.0. The number of nitrogens with zero attached hydrogens (tertiary/aromatic N) is 1. The Balaban J connectivity index is 3.31. The van der Waals surface area contributed by atoms with E-state index >= 15 is 0 Å². The van der Waals surface area contributed by atoms with Crippen LogP contribution >= 0.6 is 0 Å². The van der Waals surface area contributed by atoms with Crippen molar-refractivity contribution in [2.75, 3.05) is 6.61 Å². The van der Waals surface area contributed by atoms with Crippen LogP contribution in [0.1, 0.15) is 12.5 Å². The summed E-state index contributed by atoms with van der Waals surface area (Å²) in [7, 11) is 0. The molecule has 0 spiro atoms. The minimum absolute atomic E-state index is 0.357. The second kappa shape index (κ2) is 5.45. The third kappa shape index (κ3) is 2.72. The Kier molecular flexibility index (Phi) is 4.33. The lowest BCUT2D eigenvalue weighted by Crippen LogP contribution is -2.50. The highest BCUT2D eigenvalue weighted by atomic mass is 19.4. The maximum absolute atomic E-state index is 12.9. The zero-order valence-corrected chi connectivity index (χ0v) is 10.2. The molecular formula is C11H10F3NO5. The van der Waals surface area contributed by atoms with Gasteiger partial charge < -0.3 is 9.84 Å². The topological polar surface area (TPSA) is 89.7 Å². The SMILES string of the molecule is CCOC(=O)C(O)(c1ccc([N+](=O)[O-])cc1)C(F)(F)F. The van der Waals surface area contributed by atoms with Crippen LogP contribution in [0.5, 0.6) is 0 Å². The molecule has 1 aromatic carbocycles. The van der Waals surface area contributed by atoms with Gasteiger partial charge in [-0.15, -0.1) is 0 Å². The number of nitro groups is 1. The van der Waals surface area contributed by atoms with E-state index in [1.165, 1.54) is 6.92 Å². The van der Waals surface area contributed by atoms with Crippen LogP contribution in [-0.2, 0) is 15.1 Å². The van der Waals surface area contributed by atoms with Gasteiger partial charge in [-0.1, -0.05) is 0 Å². The molecule has 1 N–H and O–H groups in total. The highest BCUT2D eigenvalue weighted by molar-refractivity contribution is 5.82. The molecule has 0 radical (unpaired) electrons. The zero-order chi connectivity index (χ0) is 15.6. The standard InChI is InChI=1S/C11H10F3NO5/c1-2-20-9(16)10(17,11(12,13)14)7-3-5-8(6-4-7)15(18)19/h3-6,17H,2H2,1H3. The molecule has 9 heteroatoms. The molecule has 20 heavy (non-hydrogen) atoms. The van der Waals surface area contributed by atoms with Gasteiger partial charge >= 0.3 is 12.1 Å². The number of benzene rings is 1. The third-order valence-corrected chi connectivity index (χ3v) is 2.48. The normalized spacial score (nSPS) is 14.4. The molecule has 1 aromatic rings. The number of rotatable bonds is 4. The summed E-state index contributed by atoms with van der Waals surface area (Å²) in [5, 5.41) is 20.1. The molecule has 6 nitrogen and oxygen atoms in total. The van der Waals surface area contributed by atoms with Crippen molar-refractivity contribution in [3.8, 4) is 0 Å². The highest BCUT2D eigenvalue weighted by Crippen LogP contribution is 2.40. The number of ether oxygens (including phenoxy) is 1. The second-order valence-electron chi connectivity index (χ2n) is 3.73. The van der Waals surface area contributed by atoms with Gasteiger partial charge in [0.1, 0.15) is 0 Å². The molecule has 1 atom stereocenters. The summed E-state index contributed by atoms with van der Waals surface area (Å²) in [6.07, 6.45) is -5.32. The maximum Gasteiger partial charge on any atom is 0.432 e. The first-order chi connectivity index (χ1) is 9.14. The molecule has 0 bridgehead atoms. The Morgan fingerprint density at radius 1 is 1.35 bits per heavy atom. The average Bonchev–Trinajstić information content (AvgIpc) is 2.36. The number of halogens is 3. The molecule has 0 saturated carbocycles. The fourth-order valence-corrected chi connectivity index (χ4v) is 1.46. The molecule has 0 saturated heterocycles. The first-order valence-electron chi connectivity index (χ1n) is 5.35. The number of nitro benzene ring substituents is 1. The zero-order valence-electron chi connectivity index (χ0n) is 10.2. The van der Waals surface area contributed by atoms with E-state index in [0.29, 0.717) is 12.1 Å². The molecule has 0 aliphatic rings. The van der Waals surface area contributed by atoms with E-state index < -0.39 is 33.9 Å². The minimum atomic E-state index is -5.32. The number of carbonyl (C=O) groups is 1. The fraction of sp³-hybridized carbons (Fsp3) is 0.364. The van der Waals surface area contributed by atoms with E-state index in [9.17, 15) is 33.2 Å². The molecule has 0 amide bonds. The Morgan fingerprint density at radius 3 is 2.20 bits per heavy atom. The van der Waals surface area contributed by atoms with Crippen molar-refractivity contribution < 1.29 is 32.7 Å². The number of aliphatic hydroxyl groups is 1. The lowest BCUT2D eigenvalue weighted by molar-refractivity contribution is -0.384. The van der Waals surface area contributed by atoms with E-state index in [4.69, 9.17) is 0 Å². The van der Waals surface area contributed by atoms with Crippen molar-refractivity contribution >= 4 is 11.7 Å². The van der Waals surface area contributed by atoms with Crippen molar-refractivity contribution in [2.24, 2.45) is 0 Å². The molecular weight excluding hydrogens is 283 g/mol. The Labute approximate surface area is 110 Å². The fourth-order valence-electron chi connectivity index (χ4n) is 1.46. The van der Waals surface area contributed by atoms with Gasteiger partial charge in [-0.25, -0.2) is 4.79 Å². The summed E-state index contributed by atoms with van der Waals surface area (Å²) in [6.45, 7) is 0.925. The van der Waals surface area contributed by atoms with E-state index in [-0.39, 0.29) is 6.61 Å². The minimum Gasteiger partial charge on any atom is -0.463 e. The van der Waals surface area contributed by atoms with Gasteiger partial charge in [0.25, 0.3) is 11.3 Å². The van der Waals surface area contributed by atoms with Crippen LogP contribution < -0.4 is 0 Å². The van der Waals surface area contributed by atoms with Gasteiger partial charge in [-0.2, -0.15) is 13.2 Å². The Hall–Kier alpha value is -2.16. The van der Waals surface area contributed by atoms with Crippen LogP contribution in [0.4, 0.5) is 18.9 Å². The third-order valence-electron chi connectivity index (χ3n) is 2.48. The Bertz CT molecular complexity index is 514.